The molecule has 1 atom stereocenters. The molecule has 2 aliphatic heterocycles. The first-order valence-corrected chi connectivity index (χ1v) is 11.5. The van der Waals surface area contributed by atoms with Crippen molar-refractivity contribution < 1.29 is 14.0 Å². The largest absolute Gasteiger partial charge is 0.368 e. The first-order chi connectivity index (χ1) is 15.5. The van der Waals surface area contributed by atoms with Gasteiger partial charge in [-0.1, -0.05) is 24.3 Å². The topological polar surface area (TPSA) is 56.8 Å². The molecule has 3 aromatic rings. The van der Waals surface area contributed by atoms with Crippen LogP contribution in [-0.4, -0.2) is 52.8 Å². The summed E-state index contributed by atoms with van der Waals surface area (Å²) in [4.78, 5) is 36.4. The van der Waals surface area contributed by atoms with Crippen molar-refractivity contribution in [2.45, 2.75) is 19.5 Å². The second-order valence-electron chi connectivity index (χ2n) is 8.08. The molecule has 1 fully saturated rings. The number of hydrogen-bond acceptors (Lipinski definition) is 6. The first kappa shape index (κ1) is 20.8. The average molecular weight is 451 g/mol. The van der Waals surface area contributed by atoms with Crippen molar-refractivity contribution in [2.75, 3.05) is 31.1 Å². The van der Waals surface area contributed by atoms with Gasteiger partial charge in [0.25, 0.3) is 11.8 Å². The van der Waals surface area contributed by atoms with Crippen LogP contribution in [0.3, 0.4) is 0 Å². The van der Waals surface area contributed by atoms with E-state index in [9.17, 15) is 14.0 Å². The number of aromatic nitrogens is 1. The van der Waals surface area contributed by atoms with Gasteiger partial charge in [-0.2, -0.15) is 0 Å². The van der Waals surface area contributed by atoms with Gasteiger partial charge in [0.2, 0.25) is 0 Å². The van der Waals surface area contributed by atoms with Gasteiger partial charge >= 0.3 is 0 Å². The zero-order chi connectivity index (χ0) is 22.2. The summed E-state index contributed by atoms with van der Waals surface area (Å²) in [5.74, 6) is -0.723. The van der Waals surface area contributed by atoms with Crippen LogP contribution in [0.2, 0.25) is 0 Å². The predicted octanol–water partition coefficient (Wildman–Crippen LogP) is 3.96. The van der Waals surface area contributed by atoms with Crippen LogP contribution in [0, 0.1) is 5.82 Å². The zero-order valence-corrected chi connectivity index (χ0v) is 18.5. The molecule has 1 aromatic heterocycles. The molecule has 0 aliphatic carbocycles. The molecule has 5 rings (SSSR count). The summed E-state index contributed by atoms with van der Waals surface area (Å²) in [6.45, 7) is 5.30. The standard InChI is InChI=1S/C24H23FN4O2S/c1-16(22-26-9-14-32-22)29-23(30)18-6-4-8-20(21(18)24(29)31)28-12-10-27(11-13-28)15-17-5-2-3-7-19(17)25/h2-9,14,16H,10-13,15H2,1H3/t16-/m0/s1. The van der Waals surface area contributed by atoms with Gasteiger partial charge in [0, 0.05) is 49.9 Å². The average Bonchev–Trinajstić information content (AvgIpc) is 3.43. The number of fused-ring (bicyclic) bond motifs is 1. The Morgan fingerprint density at radius 1 is 1.03 bits per heavy atom. The van der Waals surface area contributed by atoms with E-state index >= 15 is 0 Å². The van der Waals surface area contributed by atoms with Gasteiger partial charge in [0.1, 0.15) is 10.8 Å². The van der Waals surface area contributed by atoms with Gasteiger partial charge < -0.3 is 4.90 Å². The van der Waals surface area contributed by atoms with Crippen molar-refractivity contribution in [3.05, 3.63) is 81.6 Å². The van der Waals surface area contributed by atoms with Crippen molar-refractivity contribution in [1.82, 2.24) is 14.8 Å². The number of piperazine rings is 1. The normalized spacial score (nSPS) is 17.7. The maximum atomic E-state index is 14.0. The third-order valence-corrected chi connectivity index (χ3v) is 7.13. The molecule has 0 saturated carbocycles. The maximum absolute atomic E-state index is 14.0. The Balaban J connectivity index is 1.34. The van der Waals surface area contributed by atoms with E-state index in [4.69, 9.17) is 0 Å². The van der Waals surface area contributed by atoms with Crippen LogP contribution in [0.1, 0.15) is 44.3 Å². The summed E-state index contributed by atoms with van der Waals surface area (Å²) in [5, 5.41) is 2.58. The smallest absolute Gasteiger partial charge is 0.264 e. The fourth-order valence-electron chi connectivity index (χ4n) is 4.47. The highest BCUT2D eigenvalue weighted by Gasteiger charge is 2.42. The van der Waals surface area contributed by atoms with E-state index in [1.54, 1.807) is 18.3 Å². The minimum Gasteiger partial charge on any atom is -0.368 e. The maximum Gasteiger partial charge on any atom is 0.264 e. The quantitative estimate of drug-likeness (QED) is 0.551. The Hall–Kier alpha value is -3.10. The van der Waals surface area contributed by atoms with Gasteiger partial charge in [-0.15, -0.1) is 11.3 Å². The van der Waals surface area contributed by atoms with Crippen molar-refractivity contribution in [1.29, 1.82) is 0 Å². The van der Waals surface area contributed by atoms with Gasteiger partial charge in [-0.3, -0.25) is 19.4 Å². The number of amides is 2. The number of benzene rings is 2. The van der Waals surface area contributed by atoms with Crippen LogP contribution in [-0.2, 0) is 6.54 Å². The van der Waals surface area contributed by atoms with Crippen LogP contribution in [0.15, 0.2) is 54.0 Å². The number of rotatable bonds is 5. The second kappa shape index (κ2) is 8.44. The van der Waals surface area contributed by atoms with Crippen molar-refractivity contribution >= 4 is 28.8 Å². The highest BCUT2D eigenvalue weighted by molar-refractivity contribution is 7.09. The van der Waals surface area contributed by atoms with E-state index in [2.05, 4.69) is 14.8 Å². The number of hydrogen-bond donors (Lipinski definition) is 0. The summed E-state index contributed by atoms with van der Waals surface area (Å²) in [7, 11) is 0. The van der Waals surface area contributed by atoms with Crippen LogP contribution < -0.4 is 4.90 Å². The number of thiazole rings is 1. The van der Waals surface area contributed by atoms with Crippen molar-refractivity contribution in [3.8, 4) is 0 Å². The number of nitrogens with zero attached hydrogens (tertiary/aromatic N) is 4. The van der Waals surface area contributed by atoms with E-state index in [1.807, 2.05) is 36.6 Å². The number of anilines is 1. The third kappa shape index (κ3) is 3.59. The van der Waals surface area contributed by atoms with Gasteiger partial charge in [0.15, 0.2) is 0 Å². The Kier molecular flexibility index (Phi) is 5.48. The number of carbonyl (C=O) groups excluding carboxylic acids is 2. The van der Waals surface area contributed by atoms with Crippen LogP contribution in [0.25, 0.3) is 0 Å². The highest BCUT2D eigenvalue weighted by atomic mass is 32.1. The fraction of sp³-hybridized carbons (Fsp3) is 0.292. The summed E-state index contributed by atoms with van der Waals surface area (Å²) in [6, 6.07) is 11.9. The molecule has 0 bridgehead atoms. The summed E-state index contributed by atoms with van der Waals surface area (Å²) in [6.07, 6.45) is 1.68. The molecule has 0 spiro atoms. The van der Waals surface area contributed by atoms with E-state index in [1.165, 1.54) is 22.3 Å². The molecule has 0 radical (unpaired) electrons. The molecule has 32 heavy (non-hydrogen) atoms. The SMILES string of the molecule is C[C@@H](c1nccs1)N1C(=O)c2cccc(N3CCN(Cc4ccccc4F)CC3)c2C1=O. The minimum absolute atomic E-state index is 0.186. The molecule has 6 nitrogen and oxygen atoms in total. The van der Waals surface area contributed by atoms with E-state index in [-0.39, 0.29) is 17.6 Å². The molecule has 1 saturated heterocycles. The van der Waals surface area contributed by atoms with Crippen LogP contribution in [0.5, 0.6) is 0 Å². The van der Waals surface area contributed by atoms with Crippen LogP contribution in [0.4, 0.5) is 10.1 Å². The lowest BCUT2D eigenvalue weighted by molar-refractivity contribution is 0.0595. The highest BCUT2D eigenvalue weighted by Crippen LogP contribution is 2.37. The summed E-state index contributed by atoms with van der Waals surface area (Å²) in [5.41, 5.74) is 2.41. The number of carbonyl (C=O) groups is 2. The lowest BCUT2D eigenvalue weighted by Crippen LogP contribution is -2.46. The Morgan fingerprint density at radius 3 is 2.53 bits per heavy atom. The Bertz CT molecular complexity index is 1160. The molecule has 0 N–H and O–H groups in total. The van der Waals surface area contributed by atoms with Gasteiger partial charge in [-0.25, -0.2) is 9.37 Å². The molecule has 0 unspecified atom stereocenters. The summed E-state index contributed by atoms with van der Waals surface area (Å²) >= 11 is 1.43. The molecular weight excluding hydrogens is 427 g/mol. The molecule has 2 aromatic carbocycles. The predicted molar refractivity (Wildman–Crippen MR) is 121 cm³/mol. The lowest BCUT2D eigenvalue weighted by Gasteiger charge is -2.36. The zero-order valence-electron chi connectivity index (χ0n) is 17.7. The Morgan fingerprint density at radius 2 is 1.81 bits per heavy atom. The lowest BCUT2D eigenvalue weighted by atomic mass is 10.1. The van der Waals surface area contributed by atoms with Crippen LogP contribution >= 0.6 is 11.3 Å². The fourth-order valence-corrected chi connectivity index (χ4v) is 5.15. The monoisotopic (exact) mass is 450 g/mol. The summed E-state index contributed by atoms with van der Waals surface area (Å²) < 4.78 is 14.0. The van der Waals surface area contributed by atoms with Gasteiger partial charge in [0.05, 0.1) is 22.9 Å². The third-order valence-electron chi connectivity index (χ3n) is 6.19. The van der Waals surface area contributed by atoms with E-state index in [0.29, 0.717) is 36.3 Å². The minimum atomic E-state index is -0.409. The van der Waals surface area contributed by atoms with E-state index in [0.717, 1.165) is 23.8 Å². The Labute approximate surface area is 189 Å². The van der Waals surface area contributed by atoms with Crippen molar-refractivity contribution in [3.63, 3.8) is 0 Å². The molecule has 164 valence electrons. The van der Waals surface area contributed by atoms with E-state index < -0.39 is 6.04 Å². The molecular formula is C24H23FN4O2S. The molecule has 2 aliphatic rings. The molecule has 3 heterocycles. The first-order valence-electron chi connectivity index (χ1n) is 10.7. The molecule has 8 heteroatoms. The number of imide groups is 1. The second-order valence-corrected chi connectivity index (χ2v) is 9.01. The molecule has 2 amide bonds. The van der Waals surface area contributed by atoms with Gasteiger partial charge in [-0.05, 0) is 25.1 Å². The van der Waals surface area contributed by atoms with Crippen molar-refractivity contribution in [2.24, 2.45) is 0 Å². The number of halogens is 1.